The minimum absolute atomic E-state index is 0.0286. The average molecular weight is 414 g/mol. The van der Waals surface area contributed by atoms with Gasteiger partial charge in [0.15, 0.2) is 11.9 Å². The fraction of sp³-hybridized carbons (Fsp3) is 0.118. The summed E-state index contributed by atoms with van der Waals surface area (Å²) in [4.78, 5) is 15.0. The van der Waals surface area contributed by atoms with Crippen LogP contribution in [0.5, 0.6) is 6.01 Å². The van der Waals surface area contributed by atoms with Crippen molar-refractivity contribution in [2.24, 2.45) is 0 Å². The molecule has 0 aliphatic heterocycles. The lowest BCUT2D eigenvalue weighted by Gasteiger charge is -2.08. The van der Waals surface area contributed by atoms with Crippen LogP contribution < -0.4 is 4.74 Å². The van der Waals surface area contributed by atoms with E-state index in [2.05, 4.69) is 10.1 Å². The minimum Gasteiger partial charge on any atom is -0.479 e. The number of benzene rings is 2. The van der Waals surface area contributed by atoms with Crippen molar-refractivity contribution in [3.63, 3.8) is 0 Å². The fourth-order valence-electron chi connectivity index (χ4n) is 2.22. The quantitative estimate of drug-likeness (QED) is 0.671. The van der Waals surface area contributed by atoms with Gasteiger partial charge in [0, 0.05) is 10.0 Å². The number of ether oxygens (including phenoxy) is 1. The Labute approximate surface area is 161 Å². The molecule has 0 saturated heterocycles. The fourth-order valence-corrected chi connectivity index (χ4v) is 2.54. The van der Waals surface area contributed by atoms with Crippen LogP contribution in [-0.4, -0.2) is 31.9 Å². The van der Waals surface area contributed by atoms with Crippen molar-refractivity contribution >= 4 is 29.2 Å². The number of carboxylic acids is 1. The molecular weight excluding hydrogens is 403 g/mol. The monoisotopic (exact) mass is 413 g/mol. The number of aromatic nitrogens is 3. The molecule has 2 aromatic carbocycles. The number of carbonyl (C=O) groups is 1. The Bertz CT molecular complexity index is 958. The van der Waals surface area contributed by atoms with Gasteiger partial charge >= 0.3 is 12.0 Å². The largest absolute Gasteiger partial charge is 0.479 e. The molecule has 3 rings (SSSR count). The summed E-state index contributed by atoms with van der Waals surface area (Å²) in [7, 11) is 0. The molecule has 0 radical (unpaired) electrons. The molecule has 0 bridgehead atoms. The highest BCUT2D eigenvalue weighted by Crippen LogP contribution is 2.29. The van der Waals surface area contributed by atoms with E-state index in [0.29, 0.717) is 0 Å². The zero-order chi connectivity index (χ0) is 19.7. The van der Waals surface area contributed by atoms with Gasteiger partial charge in [-0.05, 0) is 43.3 Å². The van der Waals surface area contributed by atoms with E-state index < -0.39 is 23.7 Å². The van der Waals surface area contributed by atoms with Crippen LogP contribution in [0, 0.1) is 11.6 Å². The predicted molar refractivity (Wildman–Crippen MR) is 94.5 cm³/mol. The number of halogens is 4. The Morgan fingerprint density at radius 3 is 2.37 bits per heavy atom. The summed E-state index contributed by atoms with van der Waals surface area (Å²) in [6, 6.07) is 7.28. The first-order valence-corrected chi connectivity index (χ1v) is 8.29. The van der Waals surface area contributed by atoms with Crippen LogP contribution in [0.1, 0.15) is 6.92 Å². The second kappa shape index (κ2) is 7.50. The molecule has 0 amide bonds. The van der Waals surface area contributed by atoms with Crippen LogP contribution in [0.25, 0.3) is 17.1 Å². The van der Waals surface area contributed by atoms with Crippen LogP contribution >= 0.6 is 23.2 Å². The Kier molecular flexibility index (Phi) is 5.29. The topological polar surface area (TPSA) is 77.2 Å². The molecule has 0 fully saturated rings. The van der Waals surface area contributed by atoms with E-state index in [1.807, 2.05) is 0 Å². The first kappa shape index (κ1) is 19.1. The highest BCUT2D eigenvalue weighted by atomic mass is 35.5. The molecule has 1 aromatic heterocycles. The maximum Gasteiger partial charge on any atom is 0.344 e. The van der Waals surface area contributed by atoms with Gasteiger partial charge in [-0.3, -0.25) is 0 Å². The van der Waals surface area contributed by atoms with Crippen molar-refractivity contribution in [3.05, 3.63) is 58.1 Å². The van der Waals surface area contributed by atoms with Crippen LogP contribution in [0.4, 0.5) is 8.78 Å². The highest BCUT2D eigenvalue weighted by Gasteiger charge is 2.22. The molecule has 1 unspecified atom stereocenters. The van der Waals surface area contributed by atoms with Crippen molar-refractivity contribution in [1.82, 2.24) is 14.8 Å². The predicted octanol–water partition coefficient (Wildman–Crippen LogP) is 4.37. The van der Waals surface area contributed by atoms with E-state index in [1.165, 1.54) is 31.2 Å². The molecule has 10 heteroatoms. The number of hydrogen-bond donors (Lipinski definition) is 1. The number of aliphatic carboxylic acids is 1. The minimum atomic E-state index is -1.26. The molecule has 27 heavy (non-hydrogen) atoms. The van der Waals surface area contributed by atoms with Gasteiger partial charge in [0.1, 0.15) is 17.3 Å². The van der Waals surface area contributed by atoms with Crippen LogP contribution in [-0.2, 0) is 4.79 Å². The summed E-state index contributed by atoms with van der Waals surface area (Å²) in [5, 5.41) is 13.3. The second-order valence-electron chi connectivity index (χ2n) is 5.45. The van der Waals surface area contributed by atoms with Crippen molar-refractivity contribution in [1.29, 1.82) is 0 Å². The number of rotatable bonds is 5. The number of nitrogens with zero attached hydrogens (tertiary/aromatic N) is 3. The summed E-state index contributed by atoms with van der Waals surface area (Å²) in [5.74, 6) is -2.80. The van der Waals surface area contributed by atoms with E-state index in [1.54, 1.807) is 0 Å². The third-order valence-electron chi connectivity index (χ3n) is 3.53. The second-order valence-corrected chi connectivity index (χ2v) is 6.32. The van der Waals surface area contributed by atoms with E-state index >= 15 is 0 Å². The molecule has 140 valence electrons. The lowest BCUT2D eigenvalue weighted by atomic mass is 10.2. The molecule has 3 aromatic rings. The summed E-state index contributed by atoms with van der Waals surface area (Å²) >= 11 is 11.5. The van der Waals surface area contributed by atoms with Gasteiger partial charge in [-0.1, -0.05) is 23.2 Å². The van der Waals surface area contributed by atoms with Crippen LogP contribution in [0.2, 0.25) is 10.0 Å². The molecule has 1 atom stereocenters. The average Bonchev–Trinajstić information content (AvgIpc) is 2.97. The normalized spacial score (nSPS) is 12.0. The summed E-state index contributed by atoms with van der Waals surface area (Å²) < 4.78 is 34.9. The third kappa shape index (κ3) is 4.01. The lowest BCUT2D eigenvalue weighted by molar-refractivity contribution is -0.144. The summed E-state index contributed by atoms with van der Waals surface area (Å²) in [5.41, 5.74) is -0.104. The van der Waals surface area contributed by atoms with Gasteiger partial charge in [0.25, 0.3) is 0 Å². The van der Waals surface area contributed by atoms with Gasteiger partial charge in [0.2, 0.25) is 0 Å². The highest BCUT2D eigenvalue weighted by molar-refractivity contribution is 6.30. The number of carboxylic acid groups (broad SMARTS) is 1. The third-order valence-corrected chi connectivity index (χ3v) is 4.00. The van der Waals surface area contributed by atoms with Crippen molar-refractivity contribution in [3.8, 4) is 23.1 Å². The van der Waals surface area contributed by atoms with Crippen molar-refractivity contribution in [2.45, 2.75) is 13.0 Å². The maximum absolute atomic E-state index is 14.4. The standard InChI is InChI=1S/C17H11Cl2F2N3O3/c1-8(16(25)26)27-17-22-15(11-4-2-9(18)6-12(11)20)24(23-17)14-5-3-10(19)7-13(14)21/h2-8H,1H3,(H,25,26). The van der Waals surface area contributed by atoms with Gasteiger partial charge in [0.05, 0.1) is 5.56 Å². The SMILES string of the molecule is CC(Oc1nc(-c2ccc(Cl)cc2F)n(-c2ccc(Cl)cc2F)n1)C(=O)O. The van der Waals surface area contributed by atoms with E-state index in [0.717, 1.165) is 16.8 Å². The molecular formula is C17H11Cl2F2N3O3. The zero-order valence-electron chi connectivity index (χ0n) is 13.7. The Morgan fingerprint density at radius 1 is 1.15 bits per heavy atom. The van der Waals surface area contributed by atoms with Gasteiger partial charge in [-0.15, -0.1) is 5.10 Å². The van der Waals surface area contributed by atoms with E-state index in [-0.39, 0.29) is 33.1 Å². The van der Waals surface area contributed by atoms with Crippen molar-refractivity contribution < 1.29 is 23.4 Å². The zero-order valence-corrected chi connectivity index (χ0v) is 15.2. The first-order chi connectivity index (χ1) is 12.8. The van der Waals surface area contributed by atoms with Gasteiger partial charge in [-0.2, -0.15) is 4.98 Å². The molecule has 6 nitrogen and oxygen atoms in total. The number of hydrogen-bond acceptors (Lipinski definition) is 4. The van der Waals surface area contributed by atoms with E-state index in [4.69, 9.17) is 33.0 Å². The summed E-state index contributed by atoms with van der Waals surface area (Å²) in [6.07, 6.45) is -1.26. The first-order valence-electron chi connectivity index (χ1n) is 7.53. The molecule has 1 heterocycles. The van der Waals surface area contributed by atoms with Gasteiger partial charge in [-0.25, -0.2) is 18.3 Å². The Balaban J connectivity index is 2.17. The Hall–Kier alpha value is -2.71. The molecule has 0 spiro atoms. The summed E-state index contributed by atoms with van der Waals surface area (Å²) in [6.45, 7) is 1.27. The molecule has 1 N–H and O–H groups in total. The van der Waals surface area contributed by atoms with Crippen molar-refractivity contribution in [2.75, 3.05) is 0 Å². The Morgan fingerprint density at radius 2 is 1.78 bits per heavy atom. The molecule has 0 saturated carbocycles. The maximum atomic E-state index is 14.4. The van der Waals surface area contributed by atoms with Crippen LogP contribution in [0.15, 0.2) is 36.4 Å². The van der Waals surface area contributed by atoms with E-state index in [9.17, 15) is 13.6 Å². The smallest absolute Gasteiger partial charge is 0.344 e. The van der Waals surface area contributed by atoms with Gasteiger partial charge < -0.3 is 9.84 Å². The molecule has 0 aliphatic carbocycles. The van der Waals surface area contributed by atoms with Crippen LogP contribution in [0.3, 0.4) is 0 Å². The lowest BCUT2D eigenvalue weighted by Crippen LogP contribution is -2.23. The molecule has 0 aliphatic rings.